The normalized spacial score (nSPS) is 16.4. The Kier molecular flexibility index (Phi) is 2.94. The van der Waals surface area contributed by atoms with Crippen LogP contribution in [0.25, 0.3) is 76.5 Å². The smallest absolute Gasteiger partial charge is 0.0616 e. The molecule has 0 saturated heterocycles. The molecular formula is C40H26. The first-order valence-corrected chi connectivity index (χ1v) is 12.7. The fourth-order valence-electron chi connectivity index (χ4n) is 5.34. The second-order valence-electron chi connectivity index (χ2n) is 9.42. The van der Waals surface area contributed by atoms with Gasteiger partial charge in [-0.2, -0.15) is 0 Å². The molecule has 0 fully saturated rings. The second kappa shape index (κ2) is 9.22. The van der Waals surface area contributed by atoms with Crippen LogP contribution in [-0.4, -0.2) is 0 Å². The zero-order valence-electron chi connectivity index (χ0n) is 34.9. The summed E-state index contributed by atoms with van der Waals surface area (Å²) in [6.07, 6.45) is 0. The van der Waals surface area contributed by atoms with Gasteiger partial charge in [0.1, 0.15) is 0 Å². The maximum absolute atomic E-state index is 9.30. The van der Waals surface area contributed by atoms with E-state index in [4.69, 9.17) is 17.8 Å². The van der Waals surface area contributed by atoms with E-state index in [9.17, 15) is 1.37 Å². The molecule has 0 nitrogen and oxygen atoms in total. The maximum Gasteiger partial charge on any atom is 0.0636 e. The van der Waals surface area contributed by atoms with Crippen LogP contribution in [0.1, 0.15) is 19.2 Å². The van der Waals surface area contributed by atoms with Gasteiger partial charge in [0.25, 0.3) is 0 Å². The fraction of sp³-hybridized carbons (Fsp3) is 0. The highest BCUT2D eigenvalue weighted by Crippen LogP contribution is 2.44. The van der Waals surface area contributed by atoms with Gasteiger partial charge in [-0.15, -0.1) is 0 Å². The Labute approximate surface area is 253 Å². The molecule has 0 aliphatic rings. The molecule has 186 valence electrons. The van der Waals surface area contributed by atoms with E-state index in [0.29, 0.717) is 21.9 Å². The molecule has 0 aliphatic carbocycles. The van der Waals surface area contributed by atoms with Crippen molar-refractivity contribution in [1.82, 2.24) is 0 Å². The molecule has 0 saturated carbocycles. The van der Waals surface area contributed by atoms with E-state index in [1.165, 1.54) is 0 Å². The number of benzene rings is 8. The Hall–Kier alpha value is -5.20. The van der Waals surface area contributed by atoms with Gasteiger partial charge < -0.3 is 0 Å². The van der Waals surface area contributed by atoms with Crippen molar-refractivity contribution in [3.05, 3.63) is 157 Å². The highest BCUT2D eigenvalue weighted by Gasteiger charge is 2.16. The topological polar surface area (TPSA) is 0 Å². The van der Waals surface area contributed by atoms with Crippen molar-refractivity contribution < 1.29 is 19.2 Å². The van der Waals surface area contributed by atoms with E-state index in [1.807, 2.05) is 48.5 Å². The number of hydrogen-bond acceptors (Lipinski definition) is 0. The van der Waals surface area contributed by atoms with Crippen molar-refractivity contribution in [2.75, 3.05) is 0 Å². The predicted octanol–water partition coefficient (Wildman–Crippen LogP) is 11.3. The third kappa shape index (κ3) is 3.69. The molecule has 0 heterocycles. The summed E-state index contributed by atoms with van der Waals surface area (Å²) < 4.78 is 120. The molecule has 0 aliphatic heterocycles. The van der Waals surface area contributed by atoms with Crippen molar-refractivity contribution in [3.8, 4) is 33.4 Å². The standard InChI is InChI=1S/C40H26/c1-3-11-31-25-33(23-19-27(31)9-1)29-17-21-30(22-18-29)39-35-13-5-7-15-37(35)40(38-16-8-6-14-36(38)39)34-24-20-28-10-2-4-12-32(28)26-34/h1-26H/i1D,2D,3D,4D,9D,10D,11D,12D,19D,20D,23D,24D,25D,26D. The van der Waals surface area contributed by atoms with E-state index in [1.54, 1.807) is 24.3 Å². The third-order valence-corrected chi connectivity index (χ3v) is 7.14. The second-order valence-corrected chi connectivity index (χ2v) is 9.42. The van der Waals surface area contributed by atoms with Gasteiger partial charge in [0, 0.05) is 0 Å². The SMILES string of the molecule is [2H]c1c([2H])c([2H])c2c([2H])c(-c3ccc(-c4c5ccccc5c(-c5c([2H])c([2H])c6c([2H])c([2H])c([2H])c([2H])c6c5[2H])c5ccccc45)cc3)c([2H])c([2H])c2c1[2H]. The Balaban J connectivity index is 1.40. The highest BCUT2D eigenvalue weighted by molar-refractivity contribution is 6.21. The van der Waals surface area contributed by atoms with Gasteiger partial charge in [-0.3, -0.25) is 0 Å². The summed E-state index contributed by atoms with van der Waals surface area (Å²) in [5.41, 5.74) is 2.52. The quantitative estimate of drug-likeness (QED) is 0.203. The summed E-state index contributed by atoms with van der Waals surface area (Å²) in [6.45, 7) is 0. The molecule has 0 heteroatoms. The monoisotopic (exact) mass is 520 g/mol. The van der Waals surface area contributed by atoms with Crippen molar-refractivity contribution in [3.63, 3.8) is 0 Å². The average Bonchev–Trinajstić information content (AvgIpc) is 3.17. The lowest BCUT2D eigenvalue weighted by molar-refractivity contribution is 1.63. The van der Waals surface area contributed by atoms with Gasteiger partial charge in [-0.1, -0.05) is 145 Å². The Morgan fingerprint density at radius 3 is 1.25 bits per heavy atom. The molecule has 8 rings (SSSR count). The third-order valence-electron chi connectivity index (χ3n) is 7.14. The zero-order chi connectivity index (χ0) is 38.7. The molecule has 0 radical (unpaired) electrons. The molecule has 0 amide bonds. The summed E-state index contributed by atoms with van der Waals surface area (Å²) in [5.74, 6) is 0. The molecule has 8 aromatic rings. The van der Waals surface area contributed by atoms with E-state index >= 15 is 0 Å². The number of fused-ring (bicyclic) bond motifs is 4. The molecule has 40 heavy (non-hydrogen) atoms. The molecule has 0 atom stereocenters. The summed E-state index contributed by atoms with van der Waals surface area (Å²) in [4.78, 5) is 0. The van der Waals surface area contributed by atoms with Gasteiger partial charge in [0.05, 0.1) is 19.2 Å². The van der Waals surface area contributed by atoms with E-state index in [0.717, 1.165) is 21.9 Å². The van der Waals surface area contributed by atoms with Crippen LogP contribution in [0, 0.1) is 0 Å². The minimum Gasteiger partial charge on any atom is -0.0616 e. The summed E-state index contributed by atoms with van der Waals surface area (Å²) in [6, 6.07) is 15.8. The minimum atomic E-state index is -0.537. The van der Waals surface area contributed by atoms with E-state index in [2.05, 4.69) is 0 Å². The van der Waals surface area contributed by atoms with Gasteiger partial charge >= 0.3 is 0 Å². The predicted molar refractivity (Wildman–Crippen MR) is 173 cm³/mol. The van der Waals surface area contributed by atoms with Gasteiger partial charge in [0.2, 0.25) is 0 Å². The van der Waals surface area contributed by atoms with Crippen LogP contribution in [0.3, 0.4) is 0 Å². The molecule has 0 aromatic heterocycles. The van der Waals surface area contributed by atoms with E-state index < -0.39 is 60.4 Å². The van der Waals surface area contributed by atoms with Crippen molar-refractivity contribution in [2.45, 2.75) is 0 Å². The lowest BCUT2D eigenvalue weighted by Gasteiger charge is -2.18. The van der Waals surface area contributed by atoms with Gasteiger partial charge in [-0.25, -0.2) is 0 Å². The Morgan fingerprint density at radius 1 is 0.325 bits per heavy atom. The first-order chi connectivity index (χ1) is 25.7. The van der Waals surface area contributed by atoms with Crippen LogP contribution >= 0.6 is 0 Å². The van der Waals surface area contributed by atoms with Gasteiger partial charge in [-0.05, 0) is 88.6 Å². The molecular weight excluding hydrogens is 480 g/mol. The van der Waals surface area contributed by atoms with Crippen LogP contribution < -0.4 is 0 Å². The summed E-state index contributed by atoms with van der Waals surface area (Å²) in [5, 5.41) is 2.13. The molecule has 8 aromatic carbocycles. The number of hydrogen-bond donors (Lipinski definition) is 0. The lowest BCUT2D eigenvalue weighted by Crippen LogP contribution is -1.91. The first kappa shape index (κ1) is 12.8. The van der Waals surface area contributed by atoms with Crippen molar-refractivity contribution >= 4 is 43.1 Å². The maximum atomic E-state index is 9.30. The Morgan fingerprint density at radius 2 is 0.725 bits per heavy atom. The minimum absolute atomic E-state index is 0.0561. The van der Waals surface area contributed by atoms with Crippen LogP contribution in [0.4, 0.5) is 0 Å². The van der Waals surface area contributed by atoms with Crippen LogP contribution in [0.2, 0.25) is 0 Å². The molecule has 0 bridgehead atoms. The van der Waals surface area contributed by atoms with Crippen LogP contribution in [0.5, 0.6) is 0 Å². The Bertz CT molecular complexity index is 2910. The summed E-state index contributed by atoms with van der Waals surface area (Å²) in [7, 11) is 0. The first-order valence-electron chi connectivity index (χ1n) is 19.7. The molecule has 0 spiro atoms. The largest absolute Gasteiger partial charge is 0.0636 e. The lowest BCUT2D eigenvalue weighted by atomic mass is 9.85. The highest BCUT2D eigenvalue weighted by atomic mass is 14.2. The van der Waals surface area contributed by atoms with Gasteiger partial charge in [0.15, 0.2) is 0 Å². The van der Waals surface area contributed by atoms with Crippen LogP contribution in [0.15, 0.2) is 157 Å². The number of rotatable bonds is 3. The molecule has 0 N–H and O–H groups in total. The zero-order valence-corrected chi connectivity index (χ0v) is 20.9. The van der Waals surface area contributed by atoms with E-state index in [-0.39, 0.29) is 56.8 Å². The van der Waals surface area contributed by atoms with Crippen LogP contribution in [-0.2, 0) is 0 Å². The average molecular weight is 521 g/mol. The fourth-order valence-corrected chi connectivity index (χ4v) is 5.34. The summed E-state index contributed by atoms with van der Waals surface area (Å²) >= 11 is 0. The van der Waals surface area contributed by atoms with Crippen molar-refractivity contribution in [2.24, 2.45) is 0 Å². The molecule has 0 unspecified atom stereocenters. The van der Waals surface area contributed by atoms with Crippen molar-refractivity contribution in [1.29, 1.82) is 0 Å².